The van der Waals surface area contributed by atoms with Crippen molar-refractivity contribution in [1.82, 2.24) is 9.88 Å². The summed E-state index contributed by atoms with van der Waals surface area (Å²) in [5, 5.41) is 3.12. The lowest BCUT2D eigenvalue weighted by molar-refractivity contribution is 0.0915. The molecule has 0 unspecified atom stereocenters. The first-order valence-corrected chi connectivity index (χ1v) is 6.09. The minimum Gasteiger partial charge on any atom is -0.348 e. The van der Waals surface area contributed by atoms with Gasteiger partial charge >= 0.3 is 0 Å². The number of hydrogen-bond donors (Lipinski definition) is 1. The van der Waals surface area contributed by atoms with Crippen LogP contribution in [0.2, 0.25) is 0 Å². The van der Waals surface area contributed by atoms with Gasteiger partial charge in [-0.3, -0.25) is 4.79 Å². The minimum atomic E-state index is 0.0621. The van der Waals surface area contributed by atoms with Crippen LogP contribution in [-0.4, -0.2) is 16.5 Å². The highest BCUT2D eigenvalue weighted by atomic mass is 16.2. The molecule has 88 valence electrons. The third-order valence-corrected chi connectivity index (χ3v) is 3.53. The summed E-state index contributed by atoms with van der Waals surface area (Å²) in [6, 6.07) is 4.14. The van der Waals surface area contributed by atoms with Crippen molar-refractivity contribution in [3.63, 3.8) is 0 Å². The van der Waals surface area contributed by atoms with Crippen LogP contribution in [0.5, 0.6) is 0 Å². The maximum absolute atomic E-state index is 11.9. The van der Waals surface area contributed by atoms with E-state index < -0.39 is 0 Å². The smallest absolute Gasteiger partial charge is 0.268 e. The van der Waals surface area contributed by atoms with Crippen molar-refractivity contribution in [3.05, 3.63) is 24.0 Å². The van der Waals surface area contributed by atoms with Gasteiger partial charge in [-0.05, 0) is 43.7 Å². The predicted octanol–water partition coefficient (Wildman–Crippen LogP) is 2.33. The first-order chi connectivity index (χ1) is 7.66. The molecule has 0 aliphatic heterocycles. The zero-order chi connectivity index (χ0) is 11.5. The largest absolute Gasteiger partial charge is 0.348 e. The fourth-order valence-electron chi connectivity index (χ4n) is 2.36. The van der Waals surface area contributed by atoms with E-state index in [0.29, 0.717) is 6.04 Å². The number of carbonyl (C=O) groups is 1. The Labute approximate surface area is 96.8 Å². The molecule has 1 aromatic rings. The lowest BCUT2D eigenvalue weighted by Gasteiger charge is -2.26. The average molecular weight is 220 g/mol. The van der Waals surface area contributed by atoms with Gasteiger partial charge in [0.25, 0.3) is 5.91 Å². The van der Waals surface area contributed by atoms with Gasteiger partial charge in [-0.25, -0.2) is 0 Å². The predicted molar refractivity (Wildman–Crippen MR) is 64.3 cm³/mol. The summed E-state index contributed by atoms with van der Waals surface area (Å²) in [6.07, 6.45) is 6.61. The third-order valence-electron chi connectivity index (χ3n) is 3.53. The summed E-state index contributed by atoms with van der Waals surface area (Å²) in [4.78, 5) is 11.9. The Morgan fingerprint density at radius 2 is 2.06 bits per heavy atom. The highest BCUT2D eigenvalue weighted by Crippen LogP contribution is 2.23. The van der Waals surface area contributed by atoms with Crippen LogP contribution in [0.25, 0.3) is 0 Å². The molecule has 0 radical (unpaired) electrons. The number of hydrogen-bond acceptors (Lipinski definition) is 1. The number of nitrogens with zero attached hydrogens (tertiary/aromatic N) is 1. The Morgan fingerprint density at radius 3 is 2.62 bits per heavy atom. The Bertz CT molecular complexity index is 362. The molecule has 0 spiro atoms. The van der Waals surface area contributed by atoms with Crippen molar-refractivity contribution in [1.29, 1.82) is 0 Å². The number of nitrogens with one attached hydrogen (secondary N) is 1. The molecule has 3 heteroatoms. The second-order valence-corrected chi connectivity index (χ2v) is 4.93. The van der Waals surface area contributed by atoms with E-state index in [2.05, 4.69) is 12.2 Å². The van der Waals surface area contributed by atoms with E-state index in [1.807, 2.05) is 29.9 Å². The quantitative estimate of drug-likeness (QED) is 0.815. The van der Waals surface area contributed by atoms with E-state index in [0.717, 1.165) is 24.5 Å². The summed E-state index contributed by atoms with van der Waals surface area (Å²) in [6.45, 7) is 2.29. The molecular weight excluding hydrogens is 200 g/mol. The molecule has 16 heavy (non-hydrogen) atoms. The molecule has 0 saturated heterocycles. The Morgan fingerprint density at radius 1 is 1.38 bits per heavy atom. The zero-order valence-corrected chi connectivity index (χ0v) is 10.1. The normalized spacial score (nSPS) is 25.4. The molecule has 3 nitrogen and oxygen atoms in total. The van der Waals surface area contributed by atoms with Gasteiger partial charge in [0, 0.05) is 19.3 Å². The number of rotatable bonds is 2. The van der Waals surface area contributed by atoms with Crippen LogP contribution >= 0.6 is 0 Å². The van der Waals surface area contributed by atoms with E-state index in [1.165, 1.54) is 12.8 Å². The fraction of sp³-hybridized carbons (Fsp3) is 0.615. The summed E-state index contributed by atoms with van der Waals surface area (Å²) < 4.78 is 1.86. The molecule has 1 amide bonds. The van der Waals surface area contributed by atoms with E-state index in [9.17, 15) is 4.79 Å². The number of amides is 1. The van der Waals surface area contributed by atoms with Crippen molar-refractivity contribution in [2.75, 3.05) is 0 Å². The lowest BCUT2D eigenvalue weighted by atomic mass is 9.87. The lowest BCUT2D eigenvalue weighted by Crippen LogP contribution is -2.38. The third kappa shape index (κ3) is 2.46. The molecule has 1 aliphatic carbocycles. The summed E-state index contributed by atoms with van der Waals surface area (Å²) in [7, 11) is 1.90. The summed E-state index contributed by atoms with van der Waals surface area (Å²) >= 11 is 0. The van der Waals surface area contributed by atoms with Gasteiger partial charge in [-0.1, -0.05) is 6.92 Å². The zero-order valence-electron chi connectivity index (χ0n) is 10.1. The monoisotopic (exact) mass is 220 g/mol. The van der Waals surface area contributed by atoms with Gasteiger partial charge in [-0.2, -0.15) is 0 Å². The summed E-state index contributed by atoms with van der Waals surface area (Å²) in [5.41, 5.74) is 0.749. The van der Waals surface area contributed by atoms with Crippen LogP contribution < -0.4 is 5.32 Å². The van der Waals surface area contributed by atoms with Gasteiger partial charge in [0.1, 0.15) is 5.69 Å². The number of aromatic nitrogens is 1. The maximum Gasteiger partial charge on any atom is 0.268 e. The molecular formula is C13H20N2O. The molecule has 0 bridgehead atoms. The van der Waals surface area contributed by atoms with Gasteiger partial charge < -0.3 is 9.88 Å². The van der Waals surface area contributed by atoms with Gasteiger partial charge in [0.2, 0.25) is 0 Å². The topological polar surface area (TPSA) is 34.0 Å². The SMILES string of the molecule is CC1CCC(NC(=O)c2cccn2C)CC1. The molecule has 1 fully saturated rings. The van der Waals surface area contributed by atoms with Crippen LogP contribution in [0.3, 0.4) is 0 Å². The first kappa shape index (κ1) is 11.2. The highest BCUT2D eigenvalue weighted by molar-refractivity contribution is 5.92. The van der Waals surface area contributed by atoms with Crippen molar-refractivity contribution in [3.8, 4) is 0 Å². The van der Waals surface area contributed by atoms with Crippen molar-refractivity contribution in [2.45, 2.75) is 38.6 Å². The van der Waals surface area contributed by atoms with Crippen molar-refractivity contribution >= 4 is 5.91 Å². The molecule has 0 aromatic carbocycles. The van der Waals surface area contributed by atoms with Crippen LogP contribution in [0.4, 0.5) is 0 Å². The molecule has 1 heterocycles. The first-order valence-electron chi connectivity index (χ1n) is 6.09. The van der Waals surface area contributed by atoms with E-state index in [4.69, 9.17) is 0 Å². The molecule has 1 N–H and O–H groups in total. The summed E-state index contributed by atoms with van der Waals surface area (Å²) in [5.74, 6) is 0.884. The standard InChI is InChI=1S/C13H20N2O/c1-10-5-7-11(8-6-10)14-13(16)12-4-3-9-15(12)2/h3-4,9-11H,5-8H2,1-2H3,(H,14,16). The van der Waals surface area contributed by atoms with E-state index in [1.54, 1.807) is 0 Å². The van der Waals surface area contributed by atoms with Crippen LogP contribution in [0, 0.1) is 5.92 Å². The second-order valence-electron chi connectivity index (χ2n) is 4.93. The van der Waals surface area contributed by atoms with Crippen LogP contribution in [0.1, 0.15) is 43.1 Å². The van der Waals surface area contributed by atoms with Gasteiger partial charge in [-0.15, -0.1) is 0 Å². The van der Waals surface area contributed by atoms with Crippen molar-refractivity contribution < 1.29 is 4.79 Å². The Kier molecular flexibility index (Phi) is 3.32. The molecule has 1 saturated carbocycles. The average Bonchev–Trinajstić information content (AvgIpc) is 2.68. The van der Waals surface area contributed by atoms with Gasteiger partial charge in [0.05, 0.1) is 0 Å². The fourth-order valence-corrected chi connectivity index (χ4v) is 2.36. The number of aryl methyl sites for hydroxylation is 1. The minimum absolute atomic E-state index is 0.0621. The van der Waals surface area contributed by atoms with Gasteiger partial charge in [0.15, 0.2) is 0 Å². The van der Waals surface area contributed by atoms with E-state index in [-0.39, 0.29) is 5.91 Å². The van der Waals surface area contributed by atoms with Crippen LogP contribution in [-0.2, 0) is 7.05 Å². The van der Waals surface area contributed by atoms with Crippen molar-refractivity contribution in [2.24, 2.45) is 13.0 Å². The maximum atomic E-state index is 11.9. The molecule has 0 atom stereocenters. The van der Waals surface area contributed by atoms with Crippen LogP contribution in [0.15, 0.2) is 18.3 Å². The highest BCUT2D eigenvalue weighted by Gasteiger charge is 2.20. The van der Waals surface area contributed by atoms with E-state index >= 15 is 0 Å². The number of carbonyl (C=O) groups excluding carboxylic acids is 1. The molecule has 1 aromatic heterocycles. The molecule has 1 aliphatic rings. The second kappa shape index (κ2) is 4.73. The Hall–Kier alpha value is -1.25. The molecule has 2 rings (SSSR count). The Balaban J connectivity index is 1.91.